The van der Waals surface area contributed by atoms with Gasteiger partial charge in [0.15, 0.2) is 0 Å². The van der Waals surface area contributed by atoms with Crippen LogP contribution in [0.5, 0.6) is 0 Å². The van der Waals surface area contributed by atoms with Crippen molar-refractivity contribution in [2.75, 3.05) is 45.9 Å². The van der Waals surface area contributed by atoms with Crippen LogP contribution in [0, 0.1) is 5.41 Å². The van der Waals surface area contributed by atoms with Crippen LogP contribution >= 0.6 is 0 Å². The van der Waals surface area contributed by atoms with Crippen LogP contribution in [0.25, 0.3) is 0 Å². The molecule has 0 aliphatic carbocycles. The van der Waals surface area contributed by atoms with Gasteiger partial charge in [-0.1, -0.05) is 0 Å². The molecule has 1 heterocycles. The number of hydrogen-bond acceptors (Lipinski definition) is 4. The second kappa shape index (κ2) is 6.93. The van der Waals surface area contributed by atoms with E-state index in [1.807, 2.05) is 13.8 Å². The lowest BCUT2D eigenvalue weighted by Crippen LogP contribution is -2.43. The van der Waals surface area contributed by atoms with Crippen LogP contribution in [0.4, 0.5) is 0 Å². The minimum Gasteiger partial charge on any atom is -0.379 e. The van der Waals surface area contributed by atoms with Crippen molar-refractivity contribution >= 4 is 5.91 Å². The SMILES string of the molecule is CC(C)(CN)C(=O)NCCCN1CCOCC1. The van der Waals surface area contributed by atoms with E-state index in [1.165, 1.54) is 0 Å². The third-order valence-corrected chi connectivity index (χ3v) is 3.17. The van der Waals surface area contributed by atoms with E-state index in [9.17, 15) is 4.79 Å². The number of nitrogens with zero attached hydrogens (tertiary/aromatic N) is 1. The summed E-state index contributed by atoms with van der Waals surface area (Å²) in [5, 5.41) is 2.94. The van der Waals surface area contributed by atoms with Gasteiger partial charge in [-0.15, -0.1) is 0 Å². The average molecular weight is 243 g/mol. The van der Waals surface area contributed by atoms with Crippen LogP contribution < -0.4 is 11.1 Å². The van der Waals surface area contributed by atoms with Crippen molar-refractivity contribution < 1.29 is 9.53 Å². The molecule has 1 aliphatic heterocycles. The van der Waals surface area contributed by atoms with Gasteiger partial charge in [0.1, 0.15) is 0 Å². The number of rotatable bonds is 6. The molecule has 1 fully saturated rings. The van der Waals surface area contributed by atoms with Gasteiger partial charge >= 0.3 is 0 Å². The lowest BCUT2D eigenvalue weighted by Gasteiger charge is -2.27. The fourth-order valence-electron chi connectivity index (χ4n) is 1.66. The highest BCUT2D eigenvalue weighted by Gasteiger charge is 2.25. The van der Waals surface area contributed by atoms with Gasteiger partial charge in [-0.25, -0.2) is 0 Å². The molecule has 0 aromatic rings. The zero-order valence-corrected chi connectivity index (χ0v) is 11.0. The molecule has 1 amide bonds. The molecular weight excluding hydrogens is 218 g/mol. The number of ether oxygens (including phenoxy) is 1. The van der Waals surface area contributed by atoms with Crippen LogP contribution in [0.3, 0.4) is 0 Å². The minimum atomic E-state index is -0.459. The predicted octanol–water partition coefficient (Wildman–Crippen LogP) is -0.190. The van der Waals surface area contributed by atoms with Gasteiger partial charge in [-0.05, 0) is 26.8 Å². The van der Waals surface area contributed by atoms with E-state index in [4.69, 9.17) is 10.5 Å². The maximum absolute atomic E-state index is 11.7. The molecule has 5 nitrogen and oxygen atoms in total. The fourth-order valence-corrected chi connectivity index (χ4v) is 1.66. The maximum Gasteiger partial charge on any atom is 0.226 e. The van der Waals surface area contributed by atoms with Crippen molar-refractivity contribution in [3.05, 3.63) is 0 Å². The van der Waals surface area contributed by atoms with E-state index >= 15 is 0 Å². The molecule has 0 aromatic heterocycles. The summed E-state index contributed by atoms with van der Waals surface area (Å²) in [6.07, 6.45) is 0.979. The monoisotopic (exact) mass is 243 g/mol. The highest BCUT2D eigenvalue weighted by molar-refractivity contribution is 5.81. The molecule has 0 unspecified atom stereocenters. The van der Waals surface area contributed by atoms with Crippen LogP contribution in [-0.2, 0) is 9.53 Å². The first kappa shape index (κ1) is 14.4. The molecular formula is C12H25N3O2. The fraction of sp³-hybridized carbons (Fsp3) is 0.917. The summed E-state index contributed by atoms with van der Waals surface area (Å²) >= 11 is 0. The summed E-state index contributed by atoms with van der Waals surface area (Å²) in [4.78, 5) is 14.1. The van der Waals surface area contributed by atoms with Crippen LogP contribution in [0.15, 0.2) is 0 Å². The molecule has 1 aliphatic rings. The number of morpholine rings is 1. The largest absolute Gasteiger partial charge is 0.379 e. The van der Waals surface area contributed by atoms with Gasteiger partial charge < -0.3 is 15.8 Å². The maximum atomic E-state index is 11.7. The van der Waals surface area contributed by atoms with Crippen molar-refractivity contribution in [2.24, 2.45) is 11.1 Å². The van der Waals surface area contributed by atoms with E-state index in [-0.39, 0.29) is 5.91 Å². The minimum absolute atomic E-state index is 0.0435. The number of hydrogen-bond donors (Lipinski definition) is 2. The van der Waals surface area contributed by atoms with E-state index in [2.05, 4.69) is 10.2 Å². The highest BCUT2D eigenvalue weighted by Crippen LogP contribution is 2.11. The lowest BCUT2D eigenvalue weighted by molar-refractivity contribution is -0.128. The zero-order chi connectivity index (χ0) is 12.7. The molecule has 0 radical (unpaired) electrons. The Morgan fingerprint density at radius 2 is 2.06 bits per heavy atom. The predicted molar refractivity (Wildman–Crippen MR) is 67.7 cm³/mol. The second-order valence-corrected chi connectivity index (χ2v) is 5.15. The van der Waals surface area contributed by atoms with Gasteiger partial charge in [-0.3, -0.25) is 9.69 Å². The molecule has 3 N–H and O–H groups in total. The number of carbonyl (C=O) groups excluding carboxylic acids is 1. The zero-order valence-electron chi connectivity index (χ0n) is 11.0. The molecule has 0 saturated carbocycles. The normalized spacial score (nSPS) is 18.1. The second-order valence-electron chi connectivity index (χ2n) is 5.15. The summed E-state index contributed by atoms with van der Waals surface area (Å²) in [7, 11) is 0. The molecule has 0 spiro atoms. The van der Waals surface area contributed by atoms with Crippen molar-refractivity contribution in [2.45, 2.75) is 20.3 Å². The van der Waals surface area contributed by atoms with Crippen molar-refractivity contribution in [1.29, 1.82) is 0 Å². The number of amides is 1. The van der Waals surface area contributed by atoms with Gasteiger partial charge in [0.25, 0.3) is 0 Å². The van der Waals surface area contributed by atoms with Crippen LogP contribution in [0.2, 0.25) is 0 Å². The Balaban J connectivity index is 2.09. The summed E-state index contributed by atoms with van der Waals surface area (Å²) in [6.45, 7) is 9.51. The summed E-state index contributed by atoms with van der Waals surface area (Å²) < 4.78 is 5.28. The molecule has 0 atom stereocenters. The summed E-state index contributed by atoms with van der Waals surface area (Å²) in [6, 6.07) is 0. The molecule has 0 aromatic carbocycles. The molecule has 1 saturated heterocycles. The van der Waals surface area contributed by atoms with Gasteiger partial charge in [-0.2, -0.15) is 0 Å². The summed E-state index contributed by atoms with van der Waals surface area (Å²) in [5.74, 6) is 0.0435. The van der Waals surface area contributed by atoms with Gasteiger partial charge in [0.05, 0.1) is 18.6 Å². The Morgan fingerprint density at radius 3 is 2.65 bits per heavy atom. The first-order chi connectivity index (χ1) is 8.06. The number of carbonyl (C=O) groups is 1. The van der Waals surface area contributed by atoms with Crippen molar-refractivity contribution in [3.8, 4) is 0 Å². The van der Waals surface area contributed by atoms with E-state index < -0.39 is 5.41 Å². The Bertz CT molecular complexity index is 238. The summed E-state index contributed by atoms with van der Waals surface area (Å²) in [5.41, 5.74) is 5.09. The Hall–Kier alpha value is -0.650. The Kier molecular flexibility index (Phi) is 5.88. The number of nitrogens with two attached hydrogens (primary N) is 1. The van der Waals surface area contributed by atoms with Gasteiger partial charge in [0.2, 0.25) is 5.91 Å². The van der Waals surface area contributed by atoms with Crippen LogP contribution in [-0.4, -0.2) is 56.7 Å². The Morgan fingerprint density at radius 1 is 1.41 bits per heavy atom. The molecule has 17 heavy (non-hydrogen) atoms. The Labute approximate surface area is 104 Å². The van der Waals surface area contributed by atoms with E-state index in [1.54, 1.807) is 0 Å². The molecule has 0 bridgehead atoms. The first-order valence-electron chi connectivity index (χ1n) is 6.35. The number of nitrogens with one attached hydrogen (secondary N) is 1. The standard InChI is InChI=1S/C12H25N3O2/c1-12(2,10-13)11(16)14-4-3-5-15-6-8-17-9-7-15/h3-10,13H2,1-2H3,(H,14,16). The molecule has 100 valence electrons. The highest BCUT2D eigenvalue weighted by atomic mass is 16.5. The quantitative estimate of drug-likeness (QED) is 0.635. The molecule has 1 rings (SSSR count). The smallest absolute Gasteiger partial charge is 0.226 e. The van der Waals surface area contributed by atoms with Crippen LogP contribution in [0.1, 0.15) is 20.3 Å². The van der Waals surface area contributed by atoms with Crippen molar-refractivity contribution in [1.82, 2.24) is 10.2 Å². The molecule has 5 heteroatoms. The van der Waals surface area contributed by atoms with Crippen molar-refractivity contribution in [3.63, 3.8) is 0 Å². The average Bonchev–Trinajstić information content (AvgIpc) is 2.35. The topological polar surface area (TPSA) is 67.6 Å². The third-order valence-electron chi connectivity index (χ3n) is 3.17. The lowest BCUT2D eigenvalue weighted by atomic mass is 9.93. The van der Waals surface area contributed by atoms with Gasteiger partial charge in [0, 0.05) is 26.2 Å². The first-order valence-corrected chi connectivity index (χ1v) is 6.35. The third kappa shape index (κ3) is 5.02. The van der Waals surface area contributed by atoms with E-state index in [0.29, 0.717) is 6.54 Å². The van der Waals surface area contributed by atoms with E-state index in [0.717, 1.165) is 45.8 Å².